The third-order valence-electron chi connectivity index (χ3n) is 4.08. The van der Waals surface area contributed by atoms with Crippen LogP contribution >= 0.6 is 11.6 Å². The van der Waals surface area contributed by atoms with Crippen LogP contribution in [0.1, 0.15) is 34.6 Å². The van der Waals surface area contributed by atoms with Crippen molar-refractivity contribution in [1.29, 1.82) is 0 Å². The number of ether oxygens (including phenoxy) is 3. The van der Waals surface area contributed by atoms with Crippen LogP contribution in [0.15, 0.2) is 36.4 Å². The van der Waals surface area contributed by atoms with Gasteiger partial charge >= 0.3 is 5.97 Å². The number of amides is 2. The Hall–Kier alpha value is -3.26. The van der Waals surface area contributed by atoms with Gasteiger partial charge in [0.05, 0.1) is 25.8 Å². The molecule has 0 aliphatic carbocycles. The summed E-state index contributed by atoms with van der Waals surface area (Å²) in [6, 6.07) is 9.25. The van der Waals surface area contributed by atoms with E-state index in [0.717, 1.165) is 0 Å². The summed E-state index contributed by atoms with van der Waals surface area (Å²) in [4.78, 5) is 35.8. The highest BCUT2D eigenvalue weighted by atomic mass is 35.5. The standard InChI is InChI=1S/C22H25ClN2O6/c1-13(2)12-31-20-17(23)9-15(10-18(20)29-3)22(28)25-16-7-5-14(6-8-16)21(27)24-11-19(26)30-4/h5-10,13H,11-12H2,1-4H3,(H,24,27)(H,25,28). The zero-order chi connectivity index (χ0) is 23.0. The van der Waals surface area contributed by atoms with Crippen molar-refractivity contribution in [2.75, 3.05) is 32.7 Å². The average molecular weight is 449 g/mol. The molecule has 0 saturated heterocycles. The summed E-state index contributed by atoms with van der Waals surface area (Å²) in [6.45, 7) is 4.25. The lowest BCUT2D eigenvalue weighted by Gasteiger charge is -2.15. The summed E-state index contributed by atoms with van der Waals surface area (Å²) in [5.74, 6) is -0.343. The number of methoxy groups -OCH3 is 2. The number of nitrogens with one attached hydrogen (secondary N) is 2. The number of halogens is 1. The summed E-state index contributed by atoms with van der Waals surface area (Å²) in [5.41, 5.74) is 1.10. The molecule has 2 aromatic carbocycles. The molecule has 9 heteroatoms. The number of hydrogen-bond donors (Lipinski definition) is 2. The van der Waals surface area contributed by atoms with E-state index in [0.29, 0.717) is 40.8 Å². The first-order chi connectivity index (χ1) is 14.7. The van der Waals surface area contributed by atoms with Crippen LogP contribution in [0.2, 0.25) is 5.02 Å². The predicted octanol–water partition coefficient (Wildman–Crippen LogP) is 3.54. The number of rotatable bonds is 9. The van der Waals surface area contributed by atoms with Gasteiger partial charge in [0.2, 0.25) is 0 Å². The second-order valence-corrected chi connectivity index (χ2v) is 7.39. The zero-order valence-corrected chi connectivity index (χ0v) is 18.5. The van der Waals surface area contributed by atoms with Crippen LogP contribution in [-0.2, 0) is 9.53 Å². The van der Waals surface area contributed by atoms with Gasteiger partial charge in [-0.1, -0.05) is 25.4 Å². The van der Waals surface area contributed by atoms with E-state index in [1.165, 1.54) is 32.4 Å². The summed E-state index contributed by atoms with van der Waals surface area (Å²) in [6.07, 6.45) is 0. The molecule has 2 amide bonds. The fourth-order valence-electron chi connectivity index (χ4n) is 2.48. The molecule has 0 fully saturated rings. The smallest absolute Gasteiger partial charge is 0.325 e. The van der Waals surface area contributed by atoms with Crippen molar-refractivity contribution in [3.8, 4) is 11.5 Å². The third kappa shape index (κ3) is 6.89. The van der Waals surface area contributed by atoms with E-state index in [2.05, 4.69) is 15.4 Å². The van der Waals surface area contributed by atoms with Crippen LogP contribution in [0, 0.1) is 5.92 Å². The molecule has 0 bridgehead atoms. The highest BCUT2D eigenvalue weighted by molar-refractivity contribution is 6.32. The molecule has 8 nitrogen and oxygen atoms in total. The van der Waals surface area contributed by atoms with Crippen molar-refractivity contribution in [2.45, 2.75) is 13.8 Å². The minimum Gasteiger partial charge on any atom is -0.493 e. The molecular weight excluding hydrogens is 424 g/mol. The minimum absolute atomic E-state index is 0.229. The van der Waals surface area contributed by atoms with Crippen molar-refractivity contribution in [3.63, 3.8) is 0 Å². The predicted molar refractivity (Wildman–Crippen MR) is 117 cm³/mol. The second kappa shape index (κ2) is 11.2. The molecule has 31 heavy (non-hydrogen) atoms. The summed E-state index contributed by atoms with van der Waals surface area (Å²) in [7, 11) is 2.71. The molecule has 0 atom stereocenters. The van der Waals surface area contributed by atoms with Crippen LogP contribution in [0.4, 0.5) is 5.69 Å². The Kier molecular flexibility index (Phi) is 8.69. The van der Waals surface area contributed by atoms with Gasteiger partial charge in [0.1, 0.15) is 6.54 Å². The number of benzene rings is 2. The maximum absolute atomic E-state index is 12.6. The van der Waals surface area contributed by atoms with Crippen molar-refractivity contribution < 1.29 is 28.6 Å². The fourth-order valence-corrected chi connectivity index (χ4v) is 2.74. The van der Waals surface area contributed by atoms with Gasteiger partial charge in [-0.3, -0.25) is 14.4 Å². The normalized spacial score (nSPS) is 10.4. The molecule has 0 heterocycles. The third-order valence-corrected chi connectivity index (χ3v) is 4.36. The Morgan fingerprint density at radius 2 is 1.68 bits per heavy atom. The molecule has 0 aliphatic rings. The van der Waals surface area contributed by atoms with E-state index in [1.807, 2.05) is 13.8 Å². The van der Waals surface area contributed by atoms with E-state index in [-0.39, 0.29) is 11.6 Å². The van der Waals surface area contributed by atoms with Crippen LogP contribution in [0.25, 0.3) is 0 Å². The molecular formula is C22H25ClN2O6. The van der Waals surface area contributed by atoms with Gasteiger partial charge in [0, 0.05) is 16.8 Å². The monoisotopic (exact) mass is 448 g/mol. The van der Waals surface area contributed by atoms with E-state index >= 15 is 0 Å². The molecule has 0 unspecified atom stereocenters. The fraction of sp³-hybridized carbons (Fsp3) is 0.318. The number of anilines is 1. The van der Waals surface area contributed by atoms with Gasteiger partial charge in [-0.25, -0.2) is 0 Å². The molecule has 0 aliphatic heterocycles. The Bertz CT molecular complexity index is 944. The van der Waals surface area contributed by atoms with Gasteiger partial charge in [-0.15, -0.1) is 0 Å². The Labute approximate surface area is 185 Å². The topological polar surface area (TPSA) is 103 Å². The maximum atomic E-state index is 12.6. The lowest BCUT2D eigenvalue weighted by Crippen LogP contribution is -2.30. The lowest BCUT2D eigenvalue weighted by molar-refractivity contribution is -0.139. The van der Waals surface area contributed by atoms with Crippen LogP contribution < -0.4 is 20.1 Å². The molecule has 2 aromatic rings. The van der Waals surface area contributed by atoms with Gasteiger partial charge in [0.15, 0.2) is 11.5 Å². The van der Waals surface area contributed by atoms with Gasteiger partial charge in [0.25, 0.3) is 11.8 Å². The van der Waals surface area contributed by atoms with Crippen LogP contribution in [0.5, 0.6) is 11.5 Å². The van der Waals surface area contributed by atoms with Crippen LogP contribution in [-0.4, -0.2) is 45.2 Å². The van der Waals surface area contributed by atoms with Crippen molar-refractivity contribution in [1.82, 2.24) is 5.32 Å². The molecule has 0 saturated carbocycles. The number of esters is 1. The molecule has 2 N–H and O–H groups in total. The zero-order valence-electron chi connectivity index (χ0n) is 17.8. The number of carbonyl (C=O) groups is 3. The Balaban J connectivity index is 2.08. The van der Waals surface area contributed by atoms with E-state index < -0.39 is 17.8 Å². The van der Waals surface area contributed by atoms with Gasteiger partial charge < -0.3 is 24.8 Å². The Morgan fingerprint density at radius 1 is 1.00 bits per heavy atom. The van der Waals surface area contributed by atoms with E-state index in [1.54, 1.807) is 18.2 Å². The van der Waals surface area contributed by atoms with Crippen LogP contribution in [0.3, 0.4) is 0 Å². The second-order valence-electron chi connectivity index (χ2n) is 6.98. The van der Waals surface area contributed by atoms with Gasteiger partial charge in [-0.05, 0) is 42.3 Å². The average Bonchev–Trinajstić information content (AvgIpc) is 2.76. The first-order valence-corrected chi connectivity index (χ1v) is 9.89. The summed E-state index contributed by atoms with van der Waals surface area (Å²) < 4.78 is 15.5. The SMILES string of the molecule is COC(=O)CNC(=O)c1ccc(NC(=O)c2cc(Cl)c(OCC(C)C)c(OC)c2)cc1. The van der Waals surface area contributed by atoms with Crippen molar-refractivity contribution in [3.05, 3.63) is 52.5 Å². The quantitative estimate of drug-likeness (QED) is 0.569. The van der Waals surface area contributed by atoms with Crippen molar-refractivity contribution >= 4 is 35.1 Å². The lowest BCUT2D eigenvalue weighted by atomic mass is 10.1. The van der Waals surface area contributed by atoms with E-state index in [4.69, 9.17) is 21.1 Å². The van der Waals surface area contributed by atoms with E-state index in [9.17, 15) is 14.4 Å². The first-order valence-electron chi connectivity index (χ1n) is 9.52. The largest absolute Gasteiger partial charge is 0.493 e. The number of carbonyl (C=O) groups excluding carboxylic acids is 3. The summed E-state index contributed by atoms with van der Waals surface area (Å²) in [5, 5.41) is 5.43. The molecule has 0 radical (unpaired) electrons. The number of hydrogen-bond acceptors (Lipinski definition) is 6. The first kappa shape index (κ1) is 24.0. The summed E-state index contributed by atoms with van der Waals surface area (Å²) >= 11 is 6.30. The highest BCUT2D eigenvalue weighted by Crippen LogP contribution is 2.37. The molecule has 0 spiro atoms. The Morgan fingerprint density at radius 3 is 2.26 bits per heavy atom. The minimum atomic E-state index is -0.549. The van der Waals surface area contributed by atoms with Gasteiger partial charge in [-0.2, -0.15) is 0 Å². The maximum Gasteiger partial charge on any atom is 0.325 e. The highest BCUT2D eigenvalue weighted by Gasteiger charge is 2.17. The molecule has 0 aromatic heterocycles. The molecule has 2 rings (SSSR count). The van der Waals surface area contributed by atoms with Crippen molar-refractivity contribution in [2.24, 2.45) is 5.92 Å². The molecule has 166 valence electrons.